The smallest absolute Gasteiger partial charge is 0.384 e. The first-order valence-corrected chi connectivity index (χ1v) is 6.10. The van der Waals surface area contributed by atoms with Crippen molar-refractivity contribution in [3.05, 3.63) is 34.9 Å². The van der Waals surface area contributed by atoms with E-state index in [2.05, 4.69) is 22.6 Å². The van der Waals surface area contributed by atoms with Gasteiger partial charge in [0.15, 0.2) is 0 Å². The Morgan fingerprint density at radius 3 is 2.94 bits per heavy atom. The Bertz CT molecular complexity index is 508. The zero-order chi connectivity index (χ0) is 13.0. The van der Waals surface area contributed by atoms with E-state index in [0.29, 0.717) is 0 Å². The van der Waals surface area contributed by atoms with Crippen LogP contribution in [0.15, 0.2) is 18.2 Å². The number of fused-ring (bicyclic) bond motifs is 1. The van der Waals surface area contributed by atoms with Crippen LogP contribution in [-0.4, -0.2) is 18.2 Å². The van der Waals surface area contributed by atoms with Crippen molar-refractivity contribution < 1.29 is 14.6 Å². The van der Waals surface area contributed by atoms with Crippen LogP contribution in [0, 0.1) is 11.8 Å². The number of methoxy groups -OCH3 is 1. The lowest BCUT2D eigenvalue weighted by Gasteiger charge is -2.20. The van der Waals surface area contributed by atoms with E-state index in [1.165, 1.54) is 24.7 Å². The number of aryl methyl sites for hydroxylation is 1. The lowest BCUT2D eigenvalue weighted by atomic mass is 9.86. The molecule has 1 N–H and O–H groups in total. The van der Waals surface area contributed by atoms with Crippen molar-refractivity contribution >= 4 is 5.97 Å². The molecule has 1 aliphatic carbocycles. The van der Waals surface area contributed by atoms with E-state index in [1.54, 1.807) is 0 Å². The number of rotatable bonds is 1. The maximum absolute atomic E-state index is 10.9. The summed E-state index contributed by atoms with van der Waals surface area (Å²) in [5.74, 6) is 4.18. The maximum atomic E-state index is 10.9. The van der Waals surface area contributed by atoms with Gasteiger partial charge in [0, 0.05) is 5.92 Å². The van der Waals surface area contributed by atoms with Crippen LogP contribution in [0.25, 0.3) is 0 Å². The fourth-order valence-electron chi connectivity index (χ4n) is 2.32. The summed E-state index contributed by atoms with van der Waals surface area (Å²) in [5, 5.41) is 10.0. The van der Waals surface area contributed by atoms with Crippen LogP contribution in [0.2, 0.25) is 0 Å². The van der Waals surface area contributed by atoms with Gasteiger partial charge >= 0.3 is 5.97 Å². The molecule has 2 rings (SSSR count). The number of esters is 1. The first-order chi connectivity index (χ1) is 8.72. The summed E-state index contributed by atoms with van der Waals surface area (Å²) in [6.45, 7) is 0. The third-order valence-electron chi connectivity index (χ3n) is 3.22. The average molecular weight is 244 g/mol. The molecule has 0 saturated heterocycles. The topological polar surface area (TPSA) is 46.5 Å². The molecule has 1 unspecified atom stereocenters. The summed E-state index contributed by atoms with van der Waals surface area (Å²) < 4.78 is 4.43. The highest BCUT2D eigenvalue weighted by molar-refractivity contribution is 5.88. The molecule has 0 aromatic heterocycles. The quantitative estimate of drug-likeness (QED) is 0.465. The predicted molar refractivity (Wildman–Crippen MR) is 67.8 cm³/mol. The summed E-state index contributed by atoms with van der Waals surface area (Å²) in [4.78, 5) is 10.9. The highest BCUT2D eigenvalue weighted by Gasteiger charge is 2.16. The summed E-state index contributed by atoms with van der Waals surface area (Å²) in [7, 11) is 1.27. The van der Waals surface area contributed by atoms with Crippen molar-refractivity contribution in [1.82, 2.24) is 0 Å². The molecule has 3 heteroatoms. The summed E-state index contributed by atoms with van der Waals surface area (Å²) in [5.41, 5.74) is 3.30. The minimum Gasteiger partial charge on any atom is -0.459 e. The van der Waals surface area contributed by atoms with Gasteiger partial charge in [-0.2, -0.15) is 0 Å². The van der Waals surface area contributed by atoms with Crippen molar-refractivity contribution in [2.24, 2.45) is 0 Å². The van der Waals surface area contributed by atoms with Gasteiger partial charge in [-0.25, -0.2) is 4.79 Å². The summed E-state index contributed by atoms with van der Waals surface area (Å²) in [6.07, 6.45) is 3.45. The molecule has 0 heterocycles. The van der Waals surface area contributed by atoms with Gasteiger partial charge in [-0.05, 0) is 42.4 Å². The molecule has 18 heavy (non-hydrogen) atoms. The van der Waals surface area contributed by atoms with E-state index < -0.39 is 12.1 Å². The normalized spacial score (nSPS) is 15.0. The van der Waals surface area contributed by atoms with Crippen LogP contribution in [-0.2, 0) is 22.4 Å². The Balaban J connectivity index is 2.27. The van der Waals surface area contributed by atoms with E-state index in [4.69, 9.17) is 0 Å². The van der Waals surface area contributed by atoms with E-state index >= 15 is 0 Å². The van der Waals surface area contributed by atoms with Crippen LogP contribution in [0.3, 0.4) is 0 Å². The Hall–Kier alpha value is -1.79. The second-order valence-electron chi connectivity index (χ2n) is 4.36. The van der Waals surface area contributed by atoms with Gasteiger partial charge in [0.1, 0.15) is 6.10 Å². The number of aliphatic hydroxyl groups excluding tert-OH is 1. The van der Waals surface area contributed by atoms with Crippen LogP contribution < -0.4 is 0 Å². The first kappa shape index (κ1) is 12.7. The predicted octanol–water partition coefficient (Wildman–Crippen LogP) is 1.78. The monoisotopic (exact) mass is 244 g/mol. The fraction of sp³-hybridized carbons (Fsp3) is 0.400. The van der Waals surface area contributed by atoms with Crippen molar-refractivity contribution in [1.29, 1.82) is 0 Å². The standard InChI is InChI=1S/C15H16O3/c1-18-15(17)10-9-14(16)13-8-4-6-11-5-2-3-7-12(11)13/h4,6,8,14,16H,2-3,5,7H2,1H3. The number of carbonyl (C=O) groups is 1. The van der Waals surface area contributed by atoms with E-state index in [1.807, 2.05) is 12.1 Å². The third kappa shape index (κ3) is 2.72. The minimum absolute atomic E-state index is 0.626. The van der Waals surface area contributed by atoms with Gasteiger partial charge in [0.25, 0.3) is 0 Å². The Labute approximate surface area is 107 Å². The Kier molecular flexibility index (Phi) is 4.01. The van der Waals surface area contributed by atoms with E-state index in [-0.39, 0.29) is 0 Å². The summed E-state index contributed by atoms with van der Waals surface area (Å²) >= 11 is 0. The Morgan fingerprint density at radius 2 is 2.17 bits per heavy atom. The van der Waals surface area contributed by atoms with Crippen molar-refractivity contribution in [3.63, 3.8) is 0 Å². The van der Waals surface area contributed by atoms with Crippen molar-refractivity contribution in [2.75, 3.05) is 7.11 Å². The SMILES string of the molecule is COC(=O)C#CC(O)c1cccc2c1CCCC2. The molecule has 0 radical (unpaired) electrons. The van der Waals surface area contributed by atoms with Crippen LogP contribution in [0.5, 0.6) is 0 Å². The second kappa shape index (κ2) is 5.70. The lowest BCUT2D eigenvalue weighted by molar-refractivity contribution is -0.133. The zero-order valence-corrected chi connectivity index (χ0v) is 10.4. The number of benzene rings is 1. The van der Waals surface area contributed by atoms with Crippen LogP contribution in [0.1, 0.15) is 35.6 Å². The molecular weight excluding hydrogens is 228 g/mol. The van der Waals surface area contributed by atoms with Gasteiger partial charge in [-0.3, -0.25) is 0 Å². The van der Waals surface area contributed by atoms with Gasteiger partial charge in [0.05, 0.1) is 7.11 Å². The Morgan fingerprint density at radius 1 is 1.39 bits per heavy atom. The number of hydrogen-bond donors (Lipinski definition) is 1. The second-order valence-corrected chi connectivity index (χ2v) is 4.36. The largest absolute Gasteiger partial charge is 0.459 e. The highest BCUT2D eigenvalue weighted by Crippen LogP contribution is 2.27. The average Bonchev–Trinajstić information content (AvgIpc) is 2.43. The van der Waals surface area contributed by atoms with Gasteiger partial charge in [-0.1, -0.05) is 24.1 Å². The van der Waals surface area contributed by atoms with Gasteiger partial charge in [0.2, 0.25) is 0 Å². The molecule has 1 aliphatic rings. The van der Waals surface area contributed by atoms with Crippen molar-refractivity contribution in [2.45, 2.75) is 31.8 Å². The molecule has 0 bridgehead atoms. The van der Waals surface area contributed by atoms with Gasteiger partial charge < -0.3 is 9.84 Å². The molecule has 1 atom stereocenters. The molecule has 1 aromatic carbocycles. The van der Waals surface area contributed by atoms with Crippen molar-refractivity contribution in [3.8, 4) is 11.8 Å². The highest BCUT2D eigenvalue weighted by atomic mass is 16.5. The lowest BCUT2D eigenvalue weighted by Crippen LogP contribution is -2.09. The van der Waals surface area contributed by atoms with E-state index in [9.17, 15) is 9.90 Å². The van der Waals surface area contributed by atoms with Gasteiger partial charge in [-0.15, -0.1) is 0 Å². The molecular formula is C15H16O3. The number of ether oxygens (including phenoxy) is 1. The molecule has 94 valence electrons. The number of hydrogen-bond acceptors (Lipinski definition) is 3. The molecule has 0 spiro atoms. The summed E-state index contributed by atoms with van der Waals surface area (Å²) in [6, 6.07) is 5.90. The third-order valence-corrected chi connectivity index (χ3v) is 3.22. The number of aliphatic hydroxyl groups is 1. The fourth-order valence-corrected chi connectivity index (χ4v) is 2.32. The van der Waals surface area contributed by atoms with Crippen LogP contribution in [0.4, 0.5) is 0 Å². The molecule has 0 fully saturated rings. The first-order valence-electron chi connectivity index (χ1n) is 6.10. The van der Waals surface area contributed by atoms with E-state index in [0.717, 1.165) is 24.8 Å². The molecule has 0 amide bonds. The number of carbonyl (C=O) groups excluding carboxylic acids is 1. The zero-order valence-electron chi connectivity index (χ0n) is 10.4. The van der Waals surface area contributed by atoms with Crippen LogP contribution >= 0.6 is 0 Å². The molecule has 0 saturated carbocycles. The maximum Gasteiger partial charge on any atom is 0.384 e. The molecule has 0 aliphatic heterocycles. The molecule has 3 nitrogen and oxygen atoms in total. The molecule has 1 aromatic rings. The minimum atomic E-state index is -0.919.